The molecule has 114 valence electrons. The monoisotopic (exact) mass is 311 g/mol. The number of anilines is 1. The first kappa shape index (κ1) is 15.6. The number of piperidine rings is 1. The Bertz CT molecular complexity index is 544. The van der Waals surface area contributed by atoms with Crippen molar-refractivity contribution in [3.05, 3.63) is 22.8 Å². The van der Waals surface area contributed by atoms with Crippen molar-refractivity contribution in [1.29, 1.82) is 0 Å². The van der Waals surface area contributed by atoms with E-state index in [4.69, 9.17) is 16.7 Å². The van der Waals surface area contributed by atoms with Crippen LogP contribution >= 0.6 is 11.6 Å². The molecule has 0 aromatic carbocycles. The maximum atomic E-state index is 12.3. The molecule has 1 aromatic heterocycles. The van der Waals surface area contributed by atoms with Gasteiger partial charge in [0, 0.05) is 13.1 Å². The summed E-state index contributed by atoms with van der Waals surface area (Å²) in [5.41, 5.74) is 0.0371. The van der Waals surface area contributed by atoms with Crippen molar-refractivity contribution < 1.29 is 14.7 Å². The highest BCUT2D eigenvalue weighted by Crippen LogP contribution is 2.17. The summed E-state index contributed by atoms with van der Waals surface area (Å²) in [7, 11) is 0. The summed E-state index contributed by atoms with van der Waals surface area (Å²) in [5.74, 6) is -0.802. The van der Waals surface area contributed by atoms with E-state index in [1.165, 1.54) is 12.1 Å². The molecule has 0 radical (unpaired) electrons. The van der Waals surface area contributed by atoms with Gasteiger partial charge in [-0.2, -0.15) is 0 Å². The van der Waals surface area contributed by atoms with Crippen LogP contribution in [0.5, 0.6) is 0 Å². The van der Waals surface area contributed by atoms with Gasteiger partial charge in [-0.25, -0.2) is 9.78 Å². The third kappa shape index (κ3) is 4.07. The van der Waals surface area contributed by atoms with E-state index in [9.17, 15) is 9.59 Å². The third-order valence-corrected chi connectivity index (χ3v) is 3.64. The van der Waals surface area contributed by atoms with Crippen molar-refractivity contribution in [3.63, 3.8) is 0 Å². The highest BCUT2D eigenvalue weighted by atomic mass is 35.5. The topological polar surface area (TPSA) is 82.5 Å². The van der Waals surface area contributed by atoms with Gasteiger partial charge in [0.15, 0.2) is 0 Å². The molecule has 0 aliphatic carbocycles. The fourth-order valence-corrected chi connectivity index (χ4v) is 2.57. The van der Waals surface area contributed by atoms with Crippen molar-refractivity contribution >= 4 is 29.3 Å². The Hall–Kier alpha value is -1.82. The molecule has 0 spiro atoms. The second-order valence-electron chi connectivity index (χ2n) is 5.12. The molecule has 1 aliphatic rings. The molecule has 2 heterocycles. The number of halogens is 1. The number of aromatic nitrogens is 1. The molecular weight excluding hydrogens is 294 g/mol. The van der Waals surface area contributed by atoms with Crippen molar-refractivity contribution in [2.45, 2.75) is 32.2 Å². The molecule has 1 fully saturated rings. The molecule has 1 aromatic rings. The fraction of sp³-hybridized carbons (Fsp3) is 0.500. The smallest absolute Gasteiger partial charge is 0.335 e. The second-order valence-corrected chi connectivity index (χ2v) is 5.51. The molecule has 1 saturated heterocycles. The van der Waals surface area contributed by atoms with Gasteiger partial charge in [0.2, 0.25) is 5.91 Å². The largest absolute Gasteiger partial charge is 0.478 e. The second kappa shape index (κ2) is 6.76. The van der Waals surface area contributed by atoms with Gasteiger partial charge >= 0.3 is 5.97 Å². The fourth-order valence-electron chi connectivity index (χ4n) is 2.37. The Morgan fingerprint density at radius 1 is 1.33 bits per heavy atom. The van der Waals surface area contributed by atoms with E-state index in [1.54, 1.807) is 6.92 Å². The number of carboxylic acids is 1. The molecule has 1 amide bonds. The lowest BCUT2D eigenvalue weighted by atomic mass is 10.1. The number of rotatable bonds is 4. The zero-order chi connectivity index (χ0) is 15.4. The lowest BCUT2D eigenvalue weighted by Crippen LogP contribution is -2.44. The first-order valence-corrected chi connectivity index (χ1v) is 7.31. The number of nitrogens with one attached hydrogen (secondary N) is 1. The number of hydrogen-bond acceptors (Lipinski definition) is 4. The maximum Gasteiger partial charge on any atom is 0.335 e. The van der Waals surface area contributed by atoms with Crippen LogP contribution in [0.2, 0.25) is 5.15 Å². The zero-order valence-corrected chi connectivity index (χ0v) is 12.6. The van der Waals surface area contributed by atoms with Gasteiger partial charge in [0.1, 0.15) is 17.0 Å². The quantitative estimate of drug-likeness (QED) is 0.833. The number of carbonyl (C=O) groups excluding carboxylic acids is 1. The Labute approximate surface area is 128 Å². The van der Waals surface area contributed by atoms with Crippen LogP contribution in [0, 0.1) is 0 Å². The van der Waals surface area contributed by atoms with E-state index in [0.717, 1.165) is 32.4 Å². The Morgan fingerprint density at radius 2 is 2.00 bits per heavy atom. The van der Waals surface area contributed by atoms with Crippen LogP contribution in [-0.4, -0.2) is 46.0 Å². The number of carbonyl (C=O) groups is 2. The first-order valence-electron chi connectivity index (χ1n) is 6.93. The van der Waals surface area contributed by atoms with Crippen molar-refractivity contribution in [1.82, 2.24) is 9.88 Å². The van der Waals surface area contributed by atoms with Gasteiger partial charge < -0.3 is 15.3 Å². The molecule has 1 atom stereocenters. The summed E-state index contributed by atoms with van der Waals surface area (Å²) >= 11 is 5.80. The predicted octanol–water partition coefficient (Wildman–Crippen LogP) is 2.25. The molecule has 0 saturated carbocycles. The molecule has 0 bridgehead atoms. The highest BCUT2D eigenvalue weighted by Gasteiger charge is 2.22. The van der Waals surface area contributed by atoms with E-state index in [2.05, 4.69) is 10.3 Å². The van der Waals surface area contributed by atoms with Crippen LogP contribution in [0.15, 0.2) is 12.1 Å². The molecule has 2 N–H and O–H groups in total. The number of likely N-dealkylation sites (tertiary alicyclic amines) is 1. The first-order chi connectivity index (χ1) is 9.97. The standard InChI is InChI=1S/C14H18ClN3O3/c1-9(13(19)18-5-3-2-4-6-18)16-12-8-10(14(20)21)7-11(15)17-12/h7-9H,2-6H2,1H3,(H,16,17)(H,20,21). The number of aromatic carboxylic acids is 1. The van der Waals surface area contributed by atoms with E-state index in [0.29, 0.717) is 0 Å². The minimum atomic E-state index is -1.09. The van der Waals surface area contributed by atoms with Gasteiger partial charge in [0.05, 0.1) is 5.56 Å². The SMILES string of the molecule is CC(Nc1cc(C(=O)O)cc(Cl)n1)C(=O)N1CCCCC1. The van der Waals surface area contributed by atoms with E-state index in [-0.39, 0.29) is 22.4 Å². The average molecular weight is 312 g/mol. The van der Waals surface area contributed by atoms with E-state index < -0.39 is 12.0 Å². The summed E-state index contributed by atoms with van der Waals surface area (Å²) in [6, 6.07) is 2.16. The molecule has 21 heavy (non-hydrogen) atoms. The van der Waals surface area contributed by atoms with Crippen LogP contribution in [0.25, 0.3) is 0 Å². The summed E-state index contributed by atoms with van der Waals surface area (Å²) in [4.78, 5) is 29.1. The van der Waals surface area contributed by atoms with Crippen molar-refractivity contribution in [3.8, 4) is 0 Å². The normalized spacial score (nSPS) is 16.4. The van der Waals surface area contributed by atoms with Crippen LogP contribution < -0.4 is 5.32 Å². The summed E-state index contributed by atoms with van der Waals surface area (Å²) < 4.78 is 0. The summed E-state index contributed by atoms with van der Waals surface area (Å²) in [6.07, 6.45) is 3.21. The number of hydrogen-bond donors (Lipinski definition) is 2. The maximum absolute atomic E-state index is 12.3. The third-order valence-electron chi connectivity index (χ3n) is 3.44. The van der Waals surface area contributed by atoms with Crippen LogP contribution in [0.3, 0.4) is 0 Å². The summed E-state index contributed by atoms with van der Waals surface area (Å²) in [5, 5.41) is 12.0. The van der Waals surface area contributed by atoms with Crippen LogP contribution in [-0.2, 0) is 4.79 Å². The van der Waals surface area contributed by atoms with Crippen LogP contribution in [0.1, 0.15) is 36.5 Å². The molecular formula is C14H18ClN3O3. The Kier molecular flexibility index (Phi) is 5.01. The number of carboxylic acid groups (broad SMARTS) is 1. The van der Waals surface area contributed by atoms with Gasteiger partial charge in [-0.15, -0.1) is 0 Å². The molecule has 2 rings (SSSR count). The van der Waals surface area contributed by atoms with E-state index in [1.807, 2.05) is 4.90 Å². The predicted molar refractivity (Wildman–Crippen MR) is 79.7 cm³/mol. The number of pyridine rings is 1. The lowest BCUT2D eigenvalue weighted by Gasteiger charge is -2.29. The Balaban J connectivity index is 2.06. The van der Waals surface area contributed by atoms with Crippen molar-refractivity contribution in [2.24, 2.45) is 0 Å². The average Bonchev–Trinajstić information content (AvgIpc) is 2.46. The number of amides is 1. The molecule has 1 unspecified atom stereocenters. The lowest BCUT2D eigenvalue weighted by molar-refractivity contribution is -0.132. The van der Waals surface area contributed by atoms with Gasteiger partial charge in [-0.05, 0) is 38.3 Å². The van der Waals surface area contributed by atoms with E-state index >= 15 is 0 Å². The molecule has 1 aliphatic heterocycles. The van der Waals surface area contributed by atoms with Gasteiger partial charge in [0.25, 0.3) is 0 Å². The summed E-state index contributed by atoms with van der Waals surface area (Å²) in [6.45, 7) is 3.28. The minimum absolute atomic E-state index is 0.00616. The zero-order valence-electron chi connectivity index (χ0n) is 11.8. The molecule has 7 heteroatoms. The highest BCUT2D eigenvalue weighted by molar-refractivity contribution is 6.29. The Morgan fingerprint density at radius 3 is 2.62 bits per heavy atom. The van der Waals surface area contributed by atoms with Gasteiger partial charge in [-0.3, -0.25) is 4.79 Å². The minimum Gasteiger partial charge on any atom is -0.478 e. The van der Waals surface area contributed by atoms with Crippen molar-refractivity contribution in [2.75, 3.05) is 18.4 Å². The van der Waals surface area contributed by atoms with Crippen LogP contribution in [0.4, 0.5) is 5.82 Å². The number of nitrogens with zero attached hydrogens (tertiary/aromatic N) is 2. The van der Waals surface area contributed by atoms with Gasteiger partial charge in [-0.1, -0.05) is 11.6 Å². The molecule has 6 nitrogen and oxygen atoms in total.